The lowest BCUT2D eigenvalue weighted by Gasteiger charge is -2.30. The van der Waals surface area contributed by atoms with Gasteiger partial charge in [0, 0.05) is 31.2 Å². The summed E-state index contributed by atoms with van der Waals surface area (Å²) in [5.74, 6) is 0.776. The minimum absolute atomic E-state index is 0.147. The van der Waals surface area contributed by atoms with E-state index in [0.717, 1.165) is 31.6 Å². The minimum atomic E-state index is -0.786. The summed E-state index contributed by atoms with van der Waals surface area (Å²) >= 11 is 0. The van der Waals surface area contributed by atoms with Crippen molar-refractivity contribution in [1.82, 2.24) is 15.5 Å². The van der Waals surface area contributed by atoms with E-state index < -0.39 is 6.17 Å². The van der Waals surface area contributed by atoms with E-state index in [2.05, 4.69) is 44.7 Å². The van der Waals surface area contributed by atoms with Crippen molar-refractivity contribution < 1.29 is 4.39 Å². The SMILES string of the molecule is F[C@H]1C[C@@H](CN[C@H]2CCc3ccccc3C2)N(c2cccnn2)C1. The zero-order chi connectivity index (χ0) is 16.4. The van der Waals surface area contributed by atoms with Crippen LogP contribution in [0.3, 0.4) is 0 Å². The summed E-state index contributed by atoms with van der Waals surface area (Å²) in [6, 6.07) is 13.1. The van der Waals surface area contributed by atoms with Gasteiger partial charge in [-0.15, -0.1) is 5.10 Å². The van der Waals surface area contributed by atoms with E-state index in [1.807, 2.05) is 12.1 Å². The standard InChI is InChI=1S/C19H23FN4/c20-16-11-18(24(13-16)19-6-3-9-22-23-19)12-21-17-8-7-14-4-1-2-5-15(14)10-17/h1-6,9,16-18,21H,7-8,10-13H2/t16-,17-,18-/m0/s1. The number of rotatable bonds is 4. The summed E-state index contributed by atoms with van der Waals surface area (Å²) in [5, 5.41) is 11.7. The van der Waals surface area contributed by atoms with Crippen molar-refractivity contribution in [3.63, 3.8) is 0 Å². The van der Waals surface area contributed by atoms with Gasteiger partial charge in [-0.05, 0) is 42.5 Å². The van der Waals surface area contributed by atoms with Gasteiger partial charge in [-0.3, -0.25) is 0 Å². The first kappa shape index (κ1) is 15.5. The van der Waals surface area contributed by atoms with Crippen molar-refractivity contribution in [3.8, 4) is 0 Å². The predicted octanol–water partition coefficient (Wildman–Crippen LogP) is 2.54. The van der Waals surface area contributed by atoms with Gasteiger partial charge in [0.15, 0.2) is 5.82 Å². The lowest BCUT2D eigenvalue weighted by molar-refractivity contribution is 0.350. The normalized spacial score (nSPS) is 26.4. The fourth-order valence-electron chi connectivity index (χ4n) is 3.95. The number of aromatic nitrogens is 2. The highest BCUT2D eigenvalue weighted by Crippen LogP contribution is 2.26. The molecule has 4 nitrogen and oxygen atoms in total. The predicted molar refractivity (Wildman–Crippen MR) is 92.9 cm³/mol. The molecule has 1 N–H and O–H groups in total. The van der Waals surface area contributed by atoms with Crippen molar-refractivity contribution in [2.75, 3.05) is 18.0 Å². The van der Waals surface area contributed by atoms with Crippen molar-refractivity contribution >= 4 is 5.82 Å². The highest BCUT2D eigenvalue weighted by atomic mass is 19.1. The van der Waals surface area contributed by atoms with E-state index >= 15 is 0 Å². The maximum absolute atomic E-state index is 14.0. The lowest BCUT2D eigenvalue weighted by atomic mass is 9.88. The van der Waals surface area contributed by atoms with Gasteiger partial charge in [-0.25, -0.2) is 4.39 Å². The number of alkyl halides is 1. The number of benzene rings is 1. The summed E-state index contributed by atoms with van der Waals surface area (Å²) in [5.41, 5.74) is 2.92. The molecule has 0 saturated carbocycles. The van der Waals surface area contributed by atoms with Crippen LogP contribution in [0.4, 0.5) is 10.2 Å². The number of aryl methyl sites for hydroxylation is 1. The highest BCUT2D eigenvalue weighted by Gasteiger charge is 2.33. The van der Waals surface area contributed by atoms with E-state index in [1.165, 1.54) is 11.1 Å². The third kappa shape index (κ3) is 3.26. The van der Waals surface area contributed by atoms with Crippen molar-refractivity contribution in [1.29, 1.82) is 0 Å². The zero-order valence-electron chi connectivity index (χ0n) is 13.7. The molecule has 0 bridgehead atoms. The first-order chi connectivity index (χ1) is 11.8. The van der Waals surface area contributed by atoms with Crippen LogP contribution in [-0.2, 0) is 12.8 Å². The van der Waals surface area contributed by atoms with Crippen molar-refractivity contribution in [3.05, 3.63) is 53.7 Å². The van der Waals surface area contributed by atoms with Crippen molar-refractivity contribution in [2.24, 2.45) is 0 Å². The molecule has 4 rings (SSSR count). The van der Waals surface area contributed by atoms with Crippen LogP contribution in [0.2, 0.25) is 0 Å². The Morgan fingerprint density at radius 1 is 1.17 bits per heavy atom. The van der Waals surface area contributed by atoms with Crippen LogP contribution in [0.1, 0.15) is 24.0 Å². The van der Waals surface area contributed by atoms with Gasteiger partial charge in [0.25, 0.3) is 0 Å². The molecule has 0 spiro atoms. The van der Waals surface area contributed by atoms with Crippen LogP contribution in [0.25, 0.3) is 0 Å². The molecule has 2 heterocycles. The van der Waals surface area contributed by atoms with Gasteiger partial charge < -0.3 is 10.2 Å². The molecule has 2 aromatic rings. The topological polar surface area (TPSA) is 41.0 Å². The first-order valence-electron chi connectivity index (χ1n) is 8.78. The molecular weight excluding hydrogens is 303 g/mol. The average molecular weight is 326 g/mol. The van der Waals surface area contributed by atoms with Gasteiger partial charge in [-0.1, -0.05) is 24.3 Å². The van der Waals surface area contributed by atoms with Crippen LogP contribution in [0.15, 0.2) is 42.6 Å². The van der Waals surface area contributed by atoms with Crippen LogP contribution in [0.5, 0.6) is 0 Å². The van der Waals surface area contributed by atoms with Gasteiger partial charge in [0.05, 0.1) is 6.54 Å². The van der Waals surface area contributed by atoms with E-state index in [0.29, 0.717) is 19.0 Å². The molecule has 1 fully saturated rings. The molecule has 3 atom stereocenters. The molecule has 2 aliphatic rings. The van der Waals surface area contributed by atoms with Gasteiger partial charge in [-0.2, -0.15) is 5.10 Å². The summed E-state index contributed by atoms with van der Waals surface area (Å²) in [6.07, 6.45) is 4.76. The van der Waals surface area contributed by atoms with E-state index in [9.17, 15) is 4.39 Å². The second-order valence-electron chi connectivity index (χ2n) is 6.84. The Bertz CT molecular complexity index is 678. The summed E-state index contributed by atoms with van der Waals surface area (Å²) < 4.78 is 14.0. The summed E-state index contributed by atoms with van der Waals surface area (Å²) in [7, 11) is 0. The largest absolute Gasteiger partial charge is 0.348 e. The Balaban J connectivity index is 1.38. The number of anilines is 1. The van der Waals surface area contributed by atoms with Gasteiger partial charge in [0.1, 0.15) is 6.17 Å². The van der Waals surface area contributed by atoms with E-state index in [1.54, 1.807) is 6.20 Å². The Morgan fingerprint density at radius 3 is 2.88 bits per heavy atom. The maximum atomic E-state index is 14.0. The molecule has 1 saturated heterocycles. The van der Waals surface area contributed by atoms with E-state index in [-0.39, 0.29) is 6.04 Å². The van der Waals surface area contributed by atoms with Crippen LogP contribution in [-0.4, -0.2) is 41.5 Å². The molecule has 1 aliphatic carbocycles. The molecule has 0 unspecified atom stereocenters. The molecule has 0 amide bonds. The molecule has 5 heteroatoms. The molecule has 1 aromatic heterocycles. The lowest BCUT2D eigenvalue weighted by Crippen LogP contribution is -2.44. The number of nitrogens with zero attached hydrogens (tertiary/aromatic N) is 3. The third-order valence-electron chi connectivity index (χ3n) is 5.20. The highest BCUT2D eigenvalue weighted by molar-refractivity contribution is 5.40. The number of nitrogens with one attached hydrogen (secondary N) is 1. The molecule has 1 aliphatic heterocycles. The smallest absolute Gasteiger partial charge is 0.151 e. The Kier molecular flexibility index (Phi) is 4.43. The van der Waals surface area contributed by atoms with Gasteiger partial charge >= 0.3 is 0 Å². The molecular formula is C19H23FN4. The Morgan fingerprint density at radius 2 is 2.04 bits per heavy atom. The quantitative estimate of drug-likeness (QED) is 0.937. The van der Waals surface area contributed by atoms with Gasteiger partial charge in [0.2, 0.25) is 0 Å². The second kappa shape index (κ2) is 6.85. The molecule has 126 valence electrons. The summed E-state index contributed by atoms with van der Waals surface area (Å²) in [4.78, 5) is 2.06. The second-order valence-corrected chi connectivity index (χ2v) is 6.84. The van der Waals surface area contributed by atoms with E-state index in [4.69, 9.17) is 0 Å². The number of hydrogen-bond donors (Lipinski definition) is 1. The summed E-state index contributed by atoms with van der Waals surface area (Å²) in [6.45, 7) is 1.21. The molecule has 0 radical (unpaired) electrons. The van der Waals surface area contributed by atoms with Crippen LogP contribution in [0, 0.1) is 0 Å². The number of fused-ring (bicyclic) bond motifs is 1. The fraction of sp³-hybridized carbons (Fsp3) is 0.474. The van der Waals surface area contributed by atoms with Crippen LogP contribution >= 0.6 is 0 Å². The maximum Gasteiger partial charge on any atom is 0.151 e. The van der Waals surface area contributed by atoms with Crippen LogP contribution < -0.4 is 10.2 Å². The zero-order valence-corrected chi connectivity index (χ0v) is 13.7. The van der Waals surface area contributed by atoms with Crippen molar-refractivity contribution in [2.45, 2.75) is 43.9 Å². The Labute approximate surface area is 142 Å². The number of hydrogen-bond acceptors (Lipinski definition) is 4. The Hall–Kier alpha value is -2.01. The first-order valence-corrected chi connectivity index (χ1v) is 8.78. The fourth-order valence-corrected chi connectivity index (χ4v) is 3.95. The molecule has 24 heavy (non-hydrogen) atoms. The minimum Gasteiger partial charge on any atom is -0.348 e. The third-order valence-corrected chi connectivity index (χ3v) is 5.20. The molecule has 1 aromatic carbocycles. The number of halogens is 1. The monoisotopic (exact) mass is 326 g/mol. The average Bonchev–Trinajstić information content (AvgIpc) is 3.01.